The van der Waals surface area contributed by atoms with Crippen LogP contribution in [0.25, 0.3) is 0 Å². The molecule has 0 aliphatic heterocycles. The van der Waals surface area contributed by atoms with Gasteiger partial charge in [-0.15, -0.1) is 0 Å². The fourth-order valence-electron chi connectivity index (χ4n) is 1.56. The molecule has 2 heterocycles. The zero-order valence-electron chi connectivity index (χ0n) is 9.68. The molecule has 2 N–H and O–H groups in total. The Labute approximate surface area is 98.9 Å². The third kappa shape index (κ3) is 2.13. The molecule has 0 saturated heterocycles. The van der Waals surface area contributed by atoms with Gasteiger partial charge in [0.25, 0.3) is 5.91 Å². The van der Waals surface area contributed by atoms with E-state index in [-0.39, 0.29) is 5.91 Å². The molecule has 0 atom stereocenters. The summed E-state index contributed by atoms with van der Waals surface area (Å²) in [6, 6.07) is 3.39. The zero-order chi connectivity index (χ0) is 12.4. The van der Waals surface area contributed by atoms with Crippen LogP contribution in [0.3, 0.4) is 0 Å². The third-order valence-electron chi connectivity index (χ3n) is 2.47. The predicted octanol–water partition coefficient (Wildman–Crippen LogP) is 1.84. The second-order valence-electron chi connectivity index (χ2n) is 3.74. The molecule has 1 amide bonds. The van der Waals surface area contributed by atoms with Crippen LogP contribution in [0.15, 0.2) is 35.2 Å². The SMILES string of the molecule is Cc1cc(C(=O)N(C)c2ccncc2N)co1. The average Bonchev–Trinajstić information content (AvgIpc) is 2.75. The van der Waals surface area contributed by atoms with Crippen molar-refractivity contribution in [2.24, 2.45) is 0 Å². The van der Waals surface area contributed by atoms with E-state index in [1.165, 1.54) is 17.4 Å². The van der Waals surface area contributed by atoms with E-state index in [0.717, 1.165) is 0 Å². The molecule has 0 bridgehead atoms. The summed E-state index contributed by atoms with van der Waals surface area (Å²) < 4.78 is 5.11. The Morgan fingerprint density at radius 1 is 1.53 bits per heavy atom. The van der Waals surface area contributed by atoms with Crippen LogP contribution in [-0.4, -0.2) is 17.9 Å². The van der Waals surface area contributed by atoms with Gasteiger partial charge >= 0.3 is 0 Å². The number of hydrogen-bond acceptors (Lipinski definition) is 4. The summed E-state index contributed by atoms with van der Waals surface area (Å²) in [4.78, 5) is 17.5. The van der Waals surface area contributed by atoms with Gasteiger partial charge in [-0.1, -0.05) is 0 Å². The average molecular weight is 231 g/mol. The highest BCUT2D eigenvalue weighted by atomic mass is 16.3. The van der Waals surface area contributed by atoms with Crippen LogP contribution in [0, 0.1) is 6.92 Å². The normalized spacial score (nSPS) is 10.2. The minimum Gasteiger partial charge on any atom is -0.469 e. The number of furan rings is 1. The lowest BCUT2D eigenvalue weighted by Gasteiger charge is -2.17. The molecule has 5 nitrogen and oxygen atoms in total. The van der Waals surface area contributed by atoms with E-state index >= 15 is 0 Å². The number of carbonyl (C=O) groups is 1. The van der Waals surface area contributed by atoms with E-state index < -0.39 is 0 Å². The number of aromatic nitrogens is 1. The summed E-state index contributed by atoms with van der Waals surface area (Å²) in [5.74, 6) is 0.532. The van der Waals surface area contributed by atoms with Gasteiger partial charge in [0.15, 0.2) is 0 Å². The lowest BCUT2D eigenvalue weighted by atomic mass is 10.2. The molecule has 0 spiro atoms. The summed E-state index contributed by atoms with van der Waals surface area (Å²) in [6.45, 7) is 1.79. The Kier molecular flexibility index (Phi) is 2.82. The minimum atomic E-state index is -0.167. The molecular weight excluding hydrogens is 218 g/mol. The Balaban J connectivity index is 2.29. The maximum absolute atomic E-state index is 12.1. The van der Waals surface area contributed by atoms with E-state index in [1.807, 2.05) is 0 Å². The van der Waals surface area contributed by atoms with E-state index in [0.29, 0.717) is 22.7 Å². The lowest BCUT2D eigenvalue weighted by molar-refractivity contribution is 0.0992. The number of carbonyl (C=O) groups excluding carboxylic acids is 1. The van der Waals surface area contributed by atoms with Gasteiger partial charge < -0.3 is 15.1 Å². The molecule has 2 rings (SSSR count). The summed E-state index contributed by atoms with van der Waals surface area (Å²) in [6.07, 6.45) is 4.54. The standard InChI is InChI=1S/C12H13N3O2/c1-8-5-9(7-17-8)12(16)15(2)11-3-4-14-6-10(11)13/h3-7H,13H2,1-2H3. The first-order chi connectivity index (χ1) is 8.09. The van der Waals surface area contributed by atoms with E-state index in [2.05, 4.69) is 4.98 Å². The Morgan fingerprint density at radius 2 is 2.29 bits per heavy atom. The second kappa shape index (κ2) is 4.29. The number of anilines is 2. The molecule has 0 fully saturated rings. The van der Waals surface area contributed by atoms with Gasteiger partial charge in [0.1, 0.15) is 12.0 Å². The molecule has 88 valence electrons. The van der Waals surface area contributed by atoms with Crippen LogP contribution in [0.5, 0.6) is 0 Å². The van der Waals surface area contributed by atoms with Crippen molar-refractivity contribution in [3.63, 3.8) is 0 Å². The molecule has 2 aromatic heterocycles. The number of nitrogens with two attached hydrogens (primary N) is 1. The summed E-state index contributed by atoms with van der Waals surface area (Å²) in [7, 11) is 1.66. The molecule has 0 unspecified atom stereocenters. The summed E-state index contributed by atoms with van der Waals surface area (Å²) in [5, 5.41) is 0. The molecule has 0 aliphatic rings. The molecule has 2 aromatic rings. The van der Waals surface area contributed by atoms with Gasteiger partial charge in [-0.25, -0.2) is 0 Å². The number of hydrogen-bond donors (Lipinski definition) is 1. The number of aryl methyl sites for hydroxylation is 1. The van der Waals surface area contributed by atoms with Gasteiger partial charge in [-0.2, -0.15) is 0 Å². The summed E-state index contributed by atoms with van der Waals surface area (Å²) >= 11 is 0. The van der Waals surface area contributed by atoms with Crippen molar-refractivity contribution in [2.75, 3.05) is 17.7 Å². The van der Waals surface area contributed by atoms with Crippen molar-refractivity contribution in [3.8, 4) is 0 Å². The Morgan fingerprint density at radius 3 is 2.88 bits per heavy atom. The van der Waals surface area contributed by atoms with E-state index in [9.17, 15) is 4.79 Å². The first-order valence-electron chi connectivity index (χ1n) is 5.12. The first kappa shape index (κ1) is 11.2. The van der Waals surface area contributed by atoms with Crippen molar-refractivity contribution in [1.29, 1.82) is 0 Å². The molecule has 0 aromatic carbocycles. The largest absolute Gasteiger partial charge is 0.469 e. The fourth-order valence-corrected chi connectivity index (χ4v) is 1.56. The number of nitrogens with zero attached hydrogens (tertiary/aromatic N) is 2. The van der Waals surface area contributed by atoms with Crippen molar-refractivity contribution in [3.05, 3.63) is 42.1 Å². The maximum Gasteiger partial charge on any atom is 0.261 e. The van der Waals surface area contributed by atoms with Crippen molar-refractivity contribution < 1.29 is 9.21 Å². The Bertz CT molecular complexity index is 548. The van der Waals surface area contributed by atoms with Crippen LogP contribution >= 0.6 is 0 Å². The van der Waals surface area contributed by atoms with Crippen LogP contribution in [0.1, 0.15) is 16.1 Å². The van der Waals surface area contributed by atoms with Crippen molar-refractivity contribution in [1.82, 2.24) is 4.98 Å². The van der Waals surface area contributed by atoms with Gasteiger partial charge in [-0.3, -0.25) is 9.78 Å². The molecule has 0 aliphatic carbocycles. The number of rotatable bonds is 2. The van der Waals surface area contributed by atoms with Gasteiger partial charge in [0.2, 0.25) is 0 Å². The fraction of sp³-hybridized carbons (Fsp3) is 0.167. The molecular formula is C12H13N3O2. The van der Waals surface area contributed by atoms with Gasteiger partial charge in [-0.05, 0) is 19.1 Å². The van der Waals surface area contributed by atoms with Crippen LogP contribution in [-0.2, 0) is 0 Å². The number of amides is 1. The minimum absolute atomic E-state index is 0.167. The van der Waals surface area contributed by atoms with E-state index in [1.54, 1.807) is 32.3 Å². The smallest absolute Gasteiger partial charge is 0.261 e. The second-order valence-corrected chi connectivity index (χ2v) is 3.74. The highest BCUT2D eigenvalue weighted by Crippen LogP contribution is 2.22. The van der Waals surface area contributed by atoms with Crippen LogP contribution in [0.4, 0.5) is 11.4 Å². The molecule has 5 heteroatoms. The quantitative estimate of drug-likeness (QED) is 0.855. The maximum atomic E-state index is 12.1. The highest BCUT2D eigenvalue weighted by Gasteiger charge is 2.17. The number of nitrogen functional groups attached to an aromatic ring is 1. The third-order valence-corrected chi connectivity index (χ3v) is 2.47. The Hall–Kier alpha value is -2.30. The topological polar surface area (TPSA) is 72.4 Å². The van der Waals surface area contributed by atoms with Gasteiger partial charge in [0.05, 0.1) is 23.1 Å². The molecule has 17 heavy (non-hydrogen) atoms. The highest BCUT2D eigenvalue weighted by molar-refractivity contribution is 6.06. The van der Waals surface area contributed by atoms with Crippen molar-refractivity contribution >= 4 is 17.3 Å². The lowest BCUT2D eigenvalue weighted by Crippen LogP contribution is -2.26. The molecule has 0 radical (unpaired) electrons. The van der Waals surface area contributed by atoms with E-state index in [4.69, 9.17) is 10.2 Å². The van der Waals surface area contributed by atoms with Crippen LogP contribution in [0.2, 0.25) is 0 Å². The summed E-state index contributed by atoms with van der Waals surface area (Å²) in [5.41, 5.74) is 7.35. The van der Waals surface area contributed by atoms with Crippen LogP contribution < -0.4 is 10.6 Å². The number of pyridine rings is 1. The first-order valence-corrected chi connectivity index (χ1v) is 5.12. The zero-order valence-corrected chi connectivity index (χ0v) is 9.68. The predicted molar refractivity (Wildman–Crippen MR) is 64.8 cm³/mol. The van der Waals surface area contributed by atoms with Crippen molar-refractivity contribution in [2.45, 2.75) is 6.92 Å². The monoisotopic (exact) mass is 231 g/mol. The molecule has 0 saturated carbocycles. The van der Waals surface area contributed by atoms with Gasteiger partial charge in [0, 0.05) is 13.2 Å².